The highest BCUT2D eigenvalue weighted by Gasteiger charge is 2.54. The topological polar surface area (TPSA) is 171 Å². The molecule has 0 aliphatic carbocycles. The van der Waals surface area contributed by atoms with Gasteiger partial charge in [0.2, 0.25) is 0 Å². The predicted molar refractivity (Wildman–Crippen MR) is 105 cm³/mol. The Labute approximate surface area is 172 Å². The number of anilines is 1. The normalized spacial score (nSPS) is 21.0. The van der Waals surface area contributed by atoms with Crippen molar-refractivity contribution in [3.8, 4) is 6.07 Å². The number of carbonyl (C=O) groups excluding carboxylic acids is 2. The fraction of sp³-hybridized carbons (Fsp3) is 0.250. The number of allylic oxidation sites excluding steroid dienone is 1. The van der Waals surface area contributed by atoms with Crippen LogP contribution in [0.1, 0.15) is 5.69 Å². The first-order valence-electron chi connectivity index (χ1n) is 7.94. The molecule has 4 N–H and O–H groups in total. The lowest BCUT2D eigenvalue weighted by Gasteiger charge is -2.49. The Morgan fingerprint density at radius 2 is 2.31 bits per heavy atom. The number of aromatic nitrogens is 1. The van der Waals surface area contributed by atoms with Gasteiger partial charge in [-0.05, 0) is 0 Å². The Bertz CT molecular complexity index is 1020. The minimum absolute atomic E-state index is 0.0238. The summed E-state index contributed by atoms with van der Waals surface area (Å²) in [4.78, 5) is 46.6. The van der Waals surface area contributed by atoms with Crippen molar-refractivity contribution < 1.29 is 24.3 Å². The van der Waals surface area contributed by atoms with E-state index in [0.29, 0.717) is 0 Å². The summed E-state index contributed by atoms with van der Waals surface area (Å²) in [6, 6.07) is 0.829. The van der Waals surface area contributed by atoms with Crippen molar-refractivity contribution in [3.63, 3.8) is 0 Å². The number of hydrogen-bond acceptors (Lipinski definition) is 10. The number of aliphatic carboxylic acids is 1. The van der Waals surface area contributed by atoms with Gasteiger partial charge in [-0.1, -0.05) is 11.7 Å². The zero-order chi connectivity index (χ0) is 21.3. The Kier molecular flexibility index (Phi) is 5.57. The van der Waals surface area contributed by atoms with Gasteiger partial charge >= 0.3 is 5.97 Å². The number of hydrogen-bond donors (Lipinski definition) is 3. The Hall–Kier alpha value is -3.37. The second kappa shape index (κ2) is 7.94. The third-order valence-corrected chi connectivity index (χ3v) is 6.07. The summed E-state index contributed by atoms with van der Waals surface area (Å²) in [6.45, 7) is 3.54. The number of β-lactam (4-membered cyclic amide) rings is 1. The summed E-state index contributed by atoms with van der Waals surface area (Å²) < 4.78 is 0. The maximum absolute atomic E-state index is 12.6. The van der Waals surface area contributed by atoms with Crippen molar-refractivity contribution in [2.45, 2.75) is 11.4 Å². The molecule has 0 radical (unpaired) electrons. The van der Waals surface area contributed by atoms with Gasteiger partial charge in [-0.3, -0.25) is 14.5 Å². The first-order valence-corrected chi connectivity index (χ1v) is 9.86. The van der Waals surface area contributed by atoms with Crippen molar-refractivity contribution >= 4 is 51.7 Å². The molecule has 1 saturated heterocycles. The zero-order valence-electron chi connectivity index (χ0n) is 14.9. The van der Waals surface area contributed by atoms with Gasteiger partial charge < -0.3 is 21.0 Å². The first-order chi connectivity index (χ1) is 13.8. The molecule has 2 aliphatic heterocycles. The van der Waals surface area contributed by atoms with E-state index in [-0.39, 0.29) is 39.1 Å². The van der Waals surface area contributed by atoms with Gasteiger partial charge in [0.25, 0.3) is 11.8 Å². The lowest BCUT2D eigenvalue weighted by atomic mass is 10.00. The predicted octanol–water partition coefficient (Wildman–Crippen LogP) is -0.106. The number of nitrogens with two attached hydrogens (primary N) is 1. The molecule has 0 unspecified atom stereocenters. The van der Waals surface area contributed by atoms with Crippen molar-refractivity contribution in [2.75, 3.05) is 18.6 Å². The van der Waals surface area contributed by atoms with Gasteiger partial charge in [-0.2, -0.15) is 5.26 Å². The lowest BCUT2D eigenvalue weighted by molar-refractivity contribution is -0.150. The summed E-state index contributed by atoms with van der Waals surface area (Å²) in [5.41, 5.74) is 5.46. The molecule has 2 atom stereocenters. The van der Waals surface area contributed by atoms with E-state index in [1.165, 1.54) is 24.3 Å². The minimum atomic E-state index is -1.35. The van der Waals surface area contributed by atoms with Gasteiger partial charge in [0.05, 0.1) is 11.6 Å². The molecule has 150 valence electrons. The summed E-state index contributed by atoms with van der Waals surface area (Å²) in [5, 5.41) is 25.8. The van der Waals surface area contributed by atoms with E-state index in [2.05, 4.69) is 26.9 Å². The number of fused-ring (bicyclic) bond motifs is 1. The van der Waals surface area contributed by atoms with Crippen LogP contribution >= 0.6 is 23.1 Å². The molecule has 1 aromatic rings. The first kappa shape index (κ1) is 20.4. The number of nitrogens with zero attached hydrogens (tertiary/aromatic N) is 4. The second-order valence-corrected chi connectivity index (χ2v) is 7.77. The molecule has 3 heterocycles. The number of rotatable bonds is 6. The van der Waals surface area contributed by atoms with Crippen LogP contribution in [0.4, 0.5) is 5.13 Å². The molecular weight excluding hydrogens is 420 g/mol. The standard InChI is InChI=1S/C16H14N6O5S2/c1-6(3-17)7-4-28-14-10(13(24)22(14)11(7)15(25)26)20-12(23)9(21-27-2)8-5-29-16(18)19-8/h5,10,14H,1,4H2,2H3,(H2,18,19)(H,20,23)(H,25,26)/b21-9-/t10-,14-/m1/s1. The monoisotopic (exact) mass is 434 g/mol. The highest BCUT2D eigenvalue weighted by atomic mass is 32.2. The molecule has 1 fully saturated rings. The maximum Gasteiger partial charge on any atom is 0.353 e. The zero-order valence-corrected chi connectivity index (χ0v) is 16.5. The molecule has 11 nitrogen and oxygen atoms in total. The molecular formula is C16H14N6O5S2. The summed E-state index contributed by atoms with van der Waals surface area (Å²) in [7, 11) is 1.25. The van der Waals surface area contributed by atoms with Crippen LogP contribution in [-0.4, -0.2) is 62.8 Å². The molecule has 13 heteroatoms. The molecule has 0 saturated carbocycles. The molecule has 0 aromatic carbocycles. The maximum atomic E-state index is 12.6. The van der Waals surface area contributed by atoms with Gasteiger partial charge in [0.1, 0.15) is 29.9 Å². The molecule has 29 heavy (non-hydrogen) atoms. The Morgan fingerprint density at radius 3 is 2.86 bits per heavy atom. The van der Waals surface area contributed by atoms with E-state index in [9.17, 15) is 19.5 Å². The van der Waals surface area contributed by atoms with Gasteiger partial charge in [-0.25, -0.2) is 9.78 Å². The number of thioether (sulfide) groups is 1. The fourth-order valence-corrected chi connectivity index (χ4v) is 4.75. The second-order valence-electron chi connectivity index (χ2n) is 5.78. The summed E-state index contributed by atoms with van der Waals surface area (Å²) in [5.74, 6) is -2.52. The van der Waals surface area contributed by atoms with Crippen LogP contribution in [0.3, 0.4) is 0 Å². The minimum Gasteiger partial charge on any atom is -0.477 e. The number of carboxylic acid groups (broad SMARTS) is 1. The number of nitrogens with one attached hydrogen (secondary N) is 1. The number of thiazole rings is 1. The SMILES string of the molecule is C=C(C#N)C1=C(C(=O)O)N2C(=O)[C@@H](NC(=O)/C(=N\OC)c3csc(N)n3)[C@H]2SC1. The van der Waals surface area contributed by atoms with Crippen LogP contribution < -0.4 is 11.1 Å². The van der Waals surface area contributed by atoms with E-state index in [1.807, 2.05) is 0 Å². The van der Waals surface area contributed by atoms with Crippen LogP contribution in [0.2, 0.25) is 0 Å². The number of oxime groups is 1. The number of nitriles is 1. The van der Waals surface area contributed by atoms with Gasteiger partial charge in [0.15, 0.2) is 10.8 Å². The van der Waals surface area contributed by atoms with E-state index >= 15 is 0 Å². The van der Waals surface area contributed by atoms with E-state index in [0.717, 1.165) is 16.2 Å². The van der Waals surface area contributed by atoms with Crippen LogP contribution in [0.15, 0.2) is 34.0 Å². The third-order valence-electron chi connectivity index (χ3n) is 4.12. The van der Waals surface area contributed by atoms with Crippen molar-refractivity contribution in [2.24, 2.45) is 5.16 Å². The van der Waals surface area contributed by atoms with Crippen LogP contribution in [-0.2, 0) is 19.2 Å². The van der Waals surface area contributed by atoms with Crippen LogP contribution in [0.25, 0.3) is 0 Å². The highest BCUT2D eigenvalue weighted by Crippen LogP contribution is 2.41. The van der Waals surface area contributed by atoms with Crippen molar-refractivity contribution in [3.05, 3.63) is 34.5 Å². The largest absolute Gasteiger partial charge is 0.477 e. The van der Waals surface area contributed by atoms with Crippen molar-refractivity contribution in [1.29, 1.82) is 5.26 Å². The fourth-order valence-electron chi connectivity index (χ4n) is 2.82. The smallest absolute Gasteiger partial charge is 0.353 e. The molecule has 3 rings (SSSR count). The van der Waals surface area contributed by atoms with E-state index in [1.54, 1.807) is 6.07 Å². The van der Waals surface area contributed by atoms with Crippen LogP contribution in [0.5, 0.6) is 0 Å². The molecule has 2 amide bonds. The average Bonchev–Trinajstić information content (AvgIpc) is 3.13. The van der Waals surface area contributed by atoms with Crippen molar-refractivity contribution in [1.82, 2.24) is 15.2 Å². The lowest BCUT2D eigenvalue weighted by Crippen LogP contribution is -2.71. The Balaban J connectivity index is 1.83. The molecule has 2 aliphatic rings. The van der Waals surface area contributed by atoms with Gasteiger partial charge in [-0.15, -0.1) is 23.1 Å². The number of nitrogen functional groups attached to an aromatic ring is 1. The molecule has 0 spiro atoms. The summed E-state index contributed by atoms with van der Waals surface area (Å²) >= 11 is 2.32. The van der Waals surface area contributed by atoms with Gasteiger partial charge in [0, 0.05) is 16.7 Å². The molecule has 1 aromatic heterocycles. The number of carbonyl (C=O) groups is 3. The highest BCUT2D eigenvalue weighted by molar-refractivity contribution is 8.00. The number of carboxylic acids is 1. The summed E-state index contributed by atoms with van der Waals surface area (Å²) in [6.07, 6.45) is 0. The number of amides is 2. The molecule has 0 bridgehead atoms. The third kappa shape index (κ3) is 3.55. The quantitative estimate of drug-likeness (QED) is 0.239. The Morgan fingerprint density at radius 1 is 1.59 bits per heavy atom. The van der Waals surface area contributed by atoms with E-state index in [4.69, 9.17) is 11.0 Å². The van der Waals surface area contributed by atoms with Crippen LogP contribution in [0, 0.1) is 11.3 Å². The van der Waals surface area contributed by atoms with E-state index < -0.39 is 29.2 Å². The average molecular weight is 434 g/mol.